The molecule has 0 bridgehead atoms. The first-order chi connectivity index (χ1) is 9.80. The summed E-state index contributed by atoms with van der Waals surface area (Å²) >= 11 is 1.78. The predicted octanol–water partition coefficient (Wildman–Crippen LogP) is 3.54. The van der Waals surface area contributed by atoms with Crippen LogP contribution in [0.2, 0.25) is 0 Å². The van der Waals surface area contributed by atoms with Gasteiger partial charge in [0.25, 0.3) is 0 Å². The molecule has 1 aromatic carbocycles. The molecule has 1 unspecified atom stereocenters. The summed E-state index contributed by atoms with van der Waals surface area (Å²) in [6.07, 6.45) is 2.45. The van der Waals surface area contributed by atoms with Gasteiger partial charge < -0.3 is 4.42 Å². The third kappa shape index (κ3) is 3.44. The number of nitrogens with one attached hydrogen (secondary N) is 1. The lowest BCUT2D eigenvalue weighted by atomic mass is 9.89. The van der Waals surface area contributed by atoms with Crippen molar-refractivity contribution in [2.75, 3.05) is 12.8 Å². The number of furan rings is 1. The Kier molecular flexibility index (Phi) is 5.28. The molecular formula is C16H18N2OS. The van der Waals surface area contributed by atoms with Gasteiger partial charge >= 0.3 is 0 Å². The molecule has 1 aromatic heterocycles. The molecule has 0 saturated carbocycles. The molecule has 0 amide bonds. The molecule has 20 heavy (non-hydrogen) atoms. The summed E-state index contributed by atoms with van der Waals surface area (Å²) in [6.45, 7) is 0. The van der Waals surface area contributed by atoms with Crippen molar-refractivity contribution in [3.05, 3.63) is 60.1 Å². The van der Waals surface area contributed by atoms with Gasteiger partial charge in [-0.3, -0.25) is 5.32 Å². The van der Waals surface area contributed by atoms with Crippen LogP contribution in [0.5, 0.6) is 0 Å². The van der Waals surface area contributed by atoms with Gasteiger partial charge in [-0.2, -0.15) is 17.0 Å². The molecule has 1 N–H and O–H groups in total. The Bertz CT molecular complexity index is 548. The maximum atomic E-state index is 9.57. The summed E-state index contributed by atoms with van der Waals surface area (Å²) in [6, 6.07) is 16.2. The molecule has 0 aliphatic heterocycles. The maximum absolute atomic E-state index is 9.57. The van der Waals surface area contributed by atoms with E-state index in [-0.39, 0.29) is 0 Å². The van der Waals surface area contributed by atoms with Crippen molar-refractivity contribution >= 4 is 11.8 Å². The molecule has 0 spiro atoms. The minimum Gasteiger partial charge on any atom is -0.468 e. The van der Waals surface area contributed by atoms with E-state index in [1.54, 1.807) is 18.0 Å². The summed E-state index contributed by atoms with van der Waals surface area (Å²) in [5.41, 5.74) is 0.404. The molecule has 0 radical (unpaired) electrons. The van der Waals surface area contributed by atoms with E-state index in [9.17, 15) is 5.26 Å². The van der Waals surface area contributed by atoms with Crippen LogP contribution in [0.4, 0.5) is 0 Å². The van der Waals surface area contributed by atoms with E-state index in [0.717, 1.165) is 29.3 Å². The number of nitrogens with zero attached hydrogens (tertiary/aromatic N) is 1. The summed E-state index contributed by atoms with van der Waals surface area (Å²) in [7, 11) is 1.84. The molecule has 104 valence electrons. The van der Waals surface area contributed by atoms with Crippen LogP contribution < -0.4 is 5.32 Å². The fourth-order valence-electron chi connectivity index (χ4n) is 2.11. The number of benzene rings is 1. The Morgan fingerprint density at radius 2 is 2.05 bits per heavy atom. The molecule has 1 heterocycles. The minimum absolute atomic E-state index is 0.614. The predicted molar refractivity (Wildman–Crippen MR) is 82.3 cm³/mol. The molecule has 0 aliphatic rings. The number of hydrogen-bond acceptors (Lipinski definition) is 4. The largest absolute Gasteiger partial charge is 0.468 e. The first-order valence-electron chi connectivity index (χ1n) is 6.56. The zero-order valence-electron chi connectivity index (χ0n) is 11.5. The molecule has 4 heteroatoms. The first kappa shape index (κ1) is 14.7. The van der Waals surface area contributed by atoms with Crippen molar-refractivity contribution < 1.29 is 4.42 Å². The van der Waals surface area contributed by atoms with E-state index >= 15 is 0 Å². The van der Waals surface area contributed by atoms with Crippen LogP contribution in [0.25, 0.3) is 0 Å². The van der Waals surface area contributed by atoms with Gasteiger partial charge in [0.05, 0.1) is 18.1 Å². The normalized spacial score (nSPS) is 13.6. The van der Waals surface area contributed by atoms with Gasteiger partial charge in [-0.05, 0) is 36.9 Å². The molecule has 2 rings (SSSR count). The average Bonchev–Trinajstić information content (AvgIpc) is 3.02. The van der Waals surface area contributed by atoms with Gasteiger partial charge in [0, 0.05) is 0 Å². The zero-order chi connectivity index (χ0) is 14.3. The fourth-order valence-corrected chi connectivity index (χ4v) is 3.07. The molecule has 0 fully saturated rings. The van der Waals surface area contributed by atoms with E-state index in [1.807, 2.05) is 49.5 Å². The number of thioether (sulfide) groups is 1. The summed E-state index contributed by atoms with van der Waals surface area (Å²) in [4.78, 5) is 0. The second-order valence-corrected chi connectivity index (χ2v) is 5.62. The Hall–Kier alpha value is -1.70. The molecule has 3 nitrogen and oxygen atoms in total. The van der Waals surface area contributed by atoms with E-state index in [4.69, 9.17) is 4.42 Å². The second kappa shape index (κ2) is 7.18. The third-order valence-electron chi connectivity index (χ3n) is 3.33. The lowest BCUT2D eigenvalue weighted by molar-refractivity contribution is 0.456. The topological polar surface area (TPSA) is 49.0 Å². The van der Waals surface area contributed by atoms with Crippen LogP contribution in [0.3, 0.4) is 0 Å². The monoisotopic (exact) mass is 286 g/mol. The van der Waals surface area contributed by atoms with Crippen LogP contribution in [0.1, 0.15) is 17.7 Å². The van der Waals surface area contributed by atoms with Gasteiger partial charge in [-0.15, -0.1) is 0 Å². The van der Waals surface area contributed by atoms with Crippen molar-refractivity contribution in [3.63, 3.8) is 0 Å². The minimum atomic E-state index is -0.614. The van der Waals surface area contributed by atoms with Crippen LogP contribution in [0.15, 0.2) is 53.1 Å². The van der Waals surface area contributed by atoms with Gasteiger partial charge in [-0.25, -0.2) is 0 Å². The van der Waals surface area contributed by atoms with Crippen molar-refractivity contribution in [2.24, 2.45) is 0 Å². The Morgan fingerprint density at radius 1 is 1.25 bits per heavy atom. The van der Waals surface area contributed by atoms with E-state index < -0.39 is 5.54 Å². The van der Waals surface area contributed by atoms with Gasteiger partial charge in [0.15, 0.2) is 0 Å². The van der Waals surface area contributed by atoms with Crippen molar-refractivity contribution in [2.45, 2.75) is 17.7 Å². The van der Waals surface area contributed by atoms with Crippen molar-refractivity contribution in [1.82, 2.24) is 5.32 Å². The number of rotatable bonds is 7. The van der Waals surface area contributed by atoms with Gasteiger partial charge in [0.2, 0.25) is 0 Å². The van der Waals surface area contributed by atoms with Crippen molar-refractivity contribution in [3.8, 4) is 6.07 Å². The Morgan fingerprint density at radius 3 is 2.65 bits per heavy atom. The fraction of sp³-hybridized carbons (Fsp3) is 0.312. The zero-order valence-corrected chi connectivity index (χ0v) is 12.3. The van der Waals surface area contributed by atoms with Crippen LogP contribution in [-0.4, -0.2) is 12.8 Å². The number of nitriles is 1. The highest BCUT2D eigenvalue weighted by atomic mass is 32.2. The highest BCUT2D eigenvalue weighted by molar-refractivity contribution is 7.98. The standard InChI is InChI=1S/C16H18N2OS/c1-18-16(13-17,14-6-3-2-4-7-14)9-11-20-12-15-8-5-10-19-15/h2-8,10,18H,9,11-12H2,1H3. The molecule has 1 atom stereocenters. The van der Waals surface area contributed by atoms with E-state index in [2.05, 4.69) is 11.4 Å². The quantitative estimate of drug-likeness (QED) is 0.791. The highest BCUT2D eigenvalue weighted by Gasteiger charge is 2.29. The lowest BCUT2D eigenvalue weighted by Crippen LogP contribution is -2.39. The van der Waals surface area contributed by atoms with Gasteiger partial charge in [-0.1, -0.05) is 30.3 Å². The lowest BCUT2D eigenvalue weighted by Gasteiger charge is -2.26. The average molecular weight is 286 g/mol. The molecule has 0 saturated heterocycles. The van der Waals surface area contributed by atoms with E-state index in [0.29, 0.717) is 0 Å². The summed E-state index contributed by atoms with van der Waals surface area (Å²) in [5, 5.41) is 12.8. The summed E-state index contributed by atoms with van der Waals surface area (Å²) in [5.74, 6) is 2.71. The smallest absolute Gasteiger partial charge is 0.132 e. The Balaban J connectivity index is 1.94. The summed E-state index contributed by atoms with van der Waals surface area (Å²) < 4.78 is 5.30. The molecule has 0 aliphatic carbocycles. The highest BCUT2D eigenvalue weighted by Crippen LogP contribution is 2.26. The first-order valence-corrected chi connectivity index (χ1v) is 7.72. The van der Waals surface area contributed by atoms with Crippen LogP contribution >= 0.6 is 11.8 Å². The van der Waals surface area contributed by atoms with Gasteiger partial charge in [0.1, 0.15) is 11.3 Å². The molecular weight excluding hydrogens is 268 g/mol. The Labute approximate surface area is 124 Å². The second-order valence-electron chi connectivity index (χ2n) is 4.52. The maximum Gasteiger partial charge on any atom is 0.132 e. The molecule has 2 aromatic rings. The van der Waals surface area contributed by atoms with E-state index in [1.165, 1.54) is 0 Å². The third-order valence-corrected chi connectivity index (χ3v) is 4.31. The number of hydrogen-bond donors (Lipinski definition) is 1. The van der Waals surface area contributed by atoms with Crippen LogP contribution in [-0.2, 0) is 11.3 Å². The SMILES string of the molecule is CNC(C#N)(CCSCc1ccco1)c1ccccc1. The van der Waals surface area contributed by atoms with Crippen LogP contribution in [0, 0.1) is 11.3 Å². The van der Waals surface area contributed by atoms with Crippen molar-refractivity contribution in [1.29, 1.82) is 5.26 Å².